The molecule has 0 aliphatic carbocycles. The summed E-state index contributed by atoms with van der Waals surface area (Å²) in [6.07, 6.45) is 2.76. The Bertz CT molecular complexity index is 797. The summed E-state index contributed by atoms with van der Waals surface area (Å²) in [5.74, 6) is 1.20. The van der Waals surface area contributed by atoms with Gasteiger partial charge in [0.05, 0.1) is 18.4 Å². The smallest absolute Gasteiger partial charge is 0.340 e. The third kappa shape index (κ3) is 4.43. The number of esters is 1. The first kappa shape index (κ1) is 19.3. The van der Waals surface area contributed by atoms with Gasteiger partial charge < -0.3 is 18.6 Å². The minimum absolute atomic E-state index is 0.119. The summed E-state index contributed by atoms with van der Waals surface area (Å²) in [7, 11) is 0. The van der Waals surface area contributed by atoms with Crippen LogP contribution in [0, 0.1) is 25.7 Å². The maximum Gasteiger partial charge on any atom is 0.340 e. The van der Waals surface area contributed by atoms with E-state index >= 15 is 0 Å². The molecule has 2 atom stereocenters. The highest BCUT2D eigenvalue weighted by Crippen LogP contribution is 2.21. The van der Waals surface area contributed by atoms with Gasteiger partial charge in [-0.05, 0) is 50.3 Å². The fraction of sp³-hybridized carbons (Fsp3) is 0.524. The van der Waals surface area contributed by atoms with Gasteiger partial charge in [-0.15, -0.1) is 0 Å². The lowest BCUT2D eigenvalue weighted by Crippen LogP contribution is -2.44. The quantitative estimate of drug-likeness (QED) is 0.755. The molecule has 27 heavy (non-hydrogen) atoms. The van der Waals surface area contributed by atoms with Crippen molar-refractivity contribution in [2.45, 2.75) is 40.7 Å². The second kappa shape index (κ2) is 8.03. The number of aryl methyl sites for hydroxylation is 1. The second-order valence-corrected chi connectivity index (χ2v) is 7.77. The molecule has 0 saturated carbocycles. The number of nitrogens with zero attached hydrogens (tertiary/aromatic N) is 2. The van der Waals surface area contributed by atoms with Crippen LogP contribution >= 0.6 is 0 Å². The molecule has 2 aromatic rings. The molecule has 1 aliphatic rings. The van der Waals surface area contributed by atoms with Crippen molar-refractivity contribution in [3.8, 4) is 0 Å². The summed E-state index contributed by atoms with van der Waals surface area (Å²) in [5.41, 5.74) is 2.25. The van der Waals surface area contributed by atoms with E-state index in [4.69, 9.17) is 9.15 Å². The van der Waals surface area contributed by atoms with E-state index in [-0.39, 0.29) is 12.5 Å². The molecule has 0 bridgehead atoms. The average Bonchev–Trinajstić information content (AvgIpc) is 3.22. The van der Waals surface area contributed by atoms with E-state index in [0.717, 1.165) is 36.7 Å². The van der Waals surface area contributed by atoms with Crippen LogP contribution in [0.2, 0.25) is 0 Å². The first-order valence-electron chi connectivity index (χ1n) is 9.49. The molecular weight excluding hydrogens is 344 g/mol. The first-order valence-corrected chi connectivity index (χ1v) is 9.49. The lowest BCUT2D eigenvalue weighted by Gasteiger charge is -2.34. The minimum atomic E-state index is -0.458. The number of piperidine rings is 1. The highest BCUT2D eigenvalue weighted by atomic mass is 16.5. The molecule has 2 unspecified atom stereocenters. The maximum atomic E-state index is 12.5. The largest absolute Gasteiger partial charge is 0.467 e. The zero-order chi connectivity index (χ0) is 19.6. The number of rotatable bonds is 5. The summed E-state index contributed by atoms with van der Waals surface area (Å²) >= 11 is 0. The molecule has 146 valence electrons. The zero-order valence-electron chi connectivity index (χ0n) is 16.5. The van der Waals surface area contributed by atoms with Crippen molar-refractivity contribution in [1.29, 1.82) is 0 Å². The lowest BCUT2D eigenvalue weighted by atomic mass is 9.92. The Kier molecular flexibility index (Phi) is 5.73. The summed E-state index contributed by atoms with van der Waals surface area (Å²) < 4.78 is 12.7. The van der Waals surface area contributed by atoms with Gasteiger partial charge in [0.15, 0.2) is 6.61 Å². The van der Waals surface area contributed by atoms with Gasteiger partial charge in [-0.25, -0.2) is 4.79 Å². The Balaban J connectivity index is 1.62. The Morgan fingerprint density at radius 3 is 2.56 bits per heavy atom. The molecule has 3 rings (SSSR count). The van der Waals surface area contributed by atoms with E-state index in [9.17, 15) is 9.59 Å². The molecule has 0 spiro atoms. The highest BCUT2D eigenvalue weighted by molar-refractivity contribution is 5.92. The number of hydrogen-bond donors (Lipinski definition) is 0. The molecule has 1 amide bonds. The van der Waals surface area contributed by atoms with Crippen LogP contribution in [-0.4, -0.2) is 41.0 Å². The Labute approximate surface area is 160 Å². The predicted octanol–water partition coefficient (Wildman–Crippen LogP) is 3.41. The van der Waals surface area contributed by atoms with Crippen molar-refractivity contribution in [3.05, 3.63) is 47.2 Å². The van der Waals surface area contributed by atoms with Crippen molar-refractivity contribution in [2.24, 2.45) is 11.8 Å². The normalized spacial score (nSPS) is 19.9. The molecule has 3 heterocycles. The number of amides is 1. The number of furan rings is 1. The van der Waals surface area contributed by atoms with Gasteiger partial charge in [-0.1, -0.05) is 13.8 Å². The van der Waals surface area contributed by atoms with E-state index < -0.39 is 5.97 Å². The van der Waals surface area contributed by atoms with Crippen LogP contribution in [0.25, 0.3) is 0 Å². The van der Waals surface area contributed by atoms with Gasteiger partial charge in [0, 0.05) is 24.5 Å². The van der Waals surface area contributed by atoms with E-state index in [0.29, 0.717) is 23.9 Å². The number of carbonyl (C=O) groups excluding carboxylic acids is 2. The fourth-order valence-electron chi connectivity index (χ4n) is 3.97. The minimum Gasteiger partial charge on any atom is -0.467 e. The van der Waals surface area contributed by atoms with Crippen molar-refractivity contribution < 1.29 is 18.7 Å². The molecule has 0 N–H and O–H groups in total. The van der Waals surface area contributed by atoms with E-state index in [2.05, 4.69) is 13.8 Å². The standard InChI is InChI=1S/C21H28N2O4/c1-14-8-15(2)11-22(10-14)20(24)13-27-21(25)19-9-16(3)23(17(19)4)12-18-6-5-7-26-18/h5-7,9,14-15H,8,10-13H2,1-4H3. The summed E-state index contributed by atoms with van der Waals surface area (Å²) in [4.78, 5) is 26.8. The number of hydrogen-bond acceptors (Lipinski definition) is 4. The van der Waals surface area contributed by atoms with Crippen LogP contribution in [0.3, 0.4) is 0 Å². The van der Waals surface area contributed by atoms with Crippen LogP contribution in [0.5, 0.6) is 0 Å². The van der Waals surface area contributed by atoms with Gasteiger partial charge in [-0.3, -0.25) is 4.79 Å². The van der Waals surface area contributed by atoms with E-state index in [1.807, 2.05) is 35.4 Å². The van der Waals surface area contributed by atoms with Crippen LogP contribution in [-0.2, 0) is 16.1 Å². The molecule has 1 saturated heterocycles. The summed E-state index contributed by atoms with van der Waals surface area (Å²) in [6.45, 7) is 9.93. The summed E-state index contributed by atoms with van der Waals surface area (Å²) in [6, 6.07) is 5.54. The van der Waals surface area contributed by atoms with E-state index in [1.54, 1.807) is 12.3 Å². The molecule has 1 fully saturated rings. The Morgan fingerprint density at radius 2 is 1.93 bits per heavy atom. The average molecular weight is 372 g/mol. The molecule has 0 aromatic carbocycles. The van der Waals surface area contributed by atoms with Crippen molar-refractivity contribution in [2.75, 3.05) is 19.7 Å². The highest BCUT2D eigenvalue weighted by Gasteiger charge is 2.26. The van der Waals surface area contributed by atoms with Gasteiger partial charge >= 0.3 is 5.97 Å². The monoisotopic (exact) mass is 372 g/mol. The molecule has 0 radical (unpaired) electrons. The number of ether oxygens (including phenoxy) is 1. The molecular formula is C21H28N2O4. The van der Waals surface area contributed by atoms with Crippen molar-refractivity contribution in [3.63, 3.8) is 0 Å². The third-order valence-corrected chi connectivity index (χ3v) is 5.24. The topological polar surface area (TPSA) is 64.7 Å². The van der Waals surface area contributed by atoms with Crippen LogP contribution < -0.4 is 0 Å². The van der Waals surface area contributed by atoms with Gasteiger partial charge in [0.1, 0.15) is 5.76 Å². The summed E-state index contributed by atoms with van der Waals surface area (Å²) in [5, 5.41) is 0. The zero-order valence-corrected chi connectivity index (χ0v) is 16.5. The molecule has 6 nitrogen and oxygen atoms in total. The van der Waals surface area contributed by atoms with Gasteiger partial charge in [0.2, 0.25) is 0 Å². The Hall–Kier alpha value is -2.50. The predicted molar refractivity (Wildman–Crippen MR) is 102 cm³/mol. The van der Waals surface area contributed by atoms with Crippen LogP contribution in [0.1, 0.15) is 47.8 Å². The Morgan fingerprint density at radius 1 is 1.22 bits per heavy atom. The number of aromatic nitrogens is 1. The van der Waals surface area contributed by atoms with Crippen LogP contribution in [0.15, 0.2) is 28.9 Å². The number of likely N-dealkylation sites (tertiary alicyclic amines) is 1. The van der Waals surface area contributed by atoms with Gasteiger partial charge in [0.25, 0.3) is 5.91 Å². The first-order chi connectivity index (χ1) is 12.8. The third-order valence-electron chi connectivity index (χ3n) is 5.24. The molecule has 6 heteroatoms. The fourth-order valence-corrected chi connectivity index (χ4v) is 3.97. The van der Waals surface area contributed by atoms with Gasteiger partial charge in [-0.2, -0.15) is 0 Å². The maximum absolute atomic E-state index is 12.5. The van der Waals surface area contributed by atoms with Crippen LogP contribution in [0.4, 0.5) is 0 Å². The SMILES string of the molecule is Cc1cc(C(=O)OCC(=O)N2CC(C)CC(C)C2)c(C)n1Cc1ccco1. The second-order valence-electron chi connectivity index (χ2n) is 7.77. The molecule has 1 aliphatic heterocycles. The van der Waals surface area contributed by atoms with Crippen molar-refractivity contribution >= 4 is 11.9 Å². The van der Waals surface area contributed by atoms with Crippen molar-refractivity contribution in [1.82, 2.24) is 9.47 Å². The number of carbonyl (C=O) groups is 2. The lowest BCUT2D eigenvalue weighted by molar-refractivity contribution is -0.137. The van der Waals surface area contributed by atoms with E-state index in [1.165, 1.54) is 0 Å². The molecule has 2 aromatic heterocycles.